The molecule has 1 aromatic heterocycles. The van der Waals surface area contributed by atoms with Crippen molar-refractivity contribution in [1.82, 2.24) is 14.7 Å². The molecule has 0 aliphatic carbocycles. The summed E-state index contributed by atoms with van der Waals surface area (Å²) in [6.07, 6.45) is 0.664. The van der Waals surface area contributed by atoms with Crippen LogP contribution >= 0.6 is 0 Å². The summed E-state index contributed by atoms with van der Waals surface area (Å²) in [6.45, 7) is 5.86. The molecule has 10 heteroatoms. The molecule has 1 fully saturated rings. The van der Waals surface area contributed by atoms with E-state index in [4.69, 9.17) is 4.74 Å². The van der Waals surface area contributed by atoms with Gasteiger partial charge in [-0.3, -0.25) is 19.8 Å². The molecule has 0 radical (unpaired) electrons. The third-order valence-corrected chi connectivity index (χ3v) is 3.48. The Labute approximate surface area is 139 Å². The minimum absolute atomic E-state index is 0.0571. The van der Waals surface area contributed by atoms with E-state index in [2.05, 4.69) is 5.10 Å². The topological polar surface area (TPSA) is 111 Å². The Morgan fingerprint density at radius 1 is 1.33 bits per heavy atom. The van der Waals surface area contributed by atoms with Gasteiger partial charge in [0.2, 0.25) is 11.7 Å². The number of amides is 2. The Hall–Kier alpha value is -2.65. The van der Waals surface area contributed by atoms with Crippen molar-refractivity contribution >= 4 is 23.5 Å². The van der Waals surface area contributed by atoms with Gasteiger partial charge in [0.25, 0.3) is 0 Å². The largest absolute Gasteiger partial charge is 0.444 e. The summed E-state index contributed by atoms with van der Waals surface area (Å²) in [4.78, 5) is 37.8. The first-order chi connectivity index (χ1) is 11.1. The number of carbonyl (C=O) groups is 2. The smallest absolute Gasteiger partial charge is 0.410 e. The van der Waals surface area contributed by atoms with E-state index < -0.39 is 16.6 Å². The minimum atomic E-state index is -0.631. The van der Waals surface area contributed by atoms with E-state index in [1.165, 1.54) is 21.5 Å². The van der Waals surface area contributed by atoms with Gasteiger partial charge in [-0.15, -0.1) is 0 Å². The lowest BCUT2D eigenvalue weighted by atomic mass is 10.2. The molecular formula is C14H21N5O5. The SMILES string of the molecule is Cn1ncc([N+](=O)[O-])c1N1CCN(C(=O)OC(C)(C)C)CCC1=O. The molecule has 0 bridgehead atoms. The van der Waals surface area contributed by atoms with Crippen molar-refractivity contribution in [3.8, 4) is 0 Å². The van der Waals surface area contributed by atoms with Crippen LogP contribution in [0.2, 0.25) is 0 Å². The van der Waals surface area contributed by atoms with E-state index in [1.54, 1.807) is 20.8 Å². The number of aryl methyl sites for hydroxylation is 1. The van der Waals surface area contributed by atoms with Crippen molar-refractivity contribution < 1.29 is 19.2 Å². The normalized spacial score (nSPS) is 16.1. The lowest BCUT2D eigenvalue weighted by molar-refractivity contribution is -0.384. The molecule has 0 atom stereocenters. The number of anilines is 1. The van der Waals surface area contributed by atoms with Crippen molar-refractivity contribution in [2.24, 2.45) is 7.05 Å². The van der Waals surface area contributed by atoms with E-state index in [1.807, 2.05) is 0 Å². The molecule has 1 aromatic rings. The number of aromatic nitrogens is 2. The van der Waals surface area contributed by atoms with Gasteiger partial charge in [-0.25, -0.2) is 9.48 Å². The Kier molecular flexibility index (Phi) is 4.76. The standard InChI is InChI=1S/C14H21N5O5/c1-14(2,3)24-13(21)17-6-5-11(20)18(8-7-17)12-10(19(22)23)9-15-16(12)4/h9H,5-8H2,1-4H3. The number of nitrogens with zero attached hydrogens (tertiary/aromatic N) is 5. The fourth-order valence-electron chi connectivity index (χ4n) is 2.42. The second kappa shape index (κ2) is 6.46. The Morgan fingerprint density at radius 2 is 2.00 bits per heavy atom. The highest BCUT2D eigenvalue weighted by atomic mass is 16.6. The monoisotopic (exact) mass is 339 g/mol. The third-order valence-electron chi connectivity index (χ3n) is 3.48. The van der Waals surface area contributed by atoms with Gasteiger partial charge in [-0.05, 0) is 20.8 Å². The summed E-state index contributed by atoms with van der Waals surface area (Å²) in [5.41, 5.74) is -0.870. The average Bonchev–Trinajstić information content (AvgIpc) is 2.71. The summed E-state index contributed by atoms with van der Waals surface area (Å²) in [6, 6.07) is 0. The quantitative estimate of drug-likeness (QED) is 0.593. The van der Waals surface area contributed by atoms with Crippen LogP contribution in [-0.4, -0.2) is 56.8 Å². The van der Waals surface area contributed by atoms with E-state index >= 15 is 0 Å². The molecule has 0 unspecified atom stereocenters. The fraction of sp³-hybridized carbons (Fsp3) is 0.643. The van der Waals surface area contributed by atoms with E-state index in [9.17, 15) is 19.7 Å². The molecule has 132 valence electrons. The number of hydrogen-bond donors (Lipinski definition) is 0. The zero-order chi connectivity index (χ0) is 18.1. The molecule has 2 heterocycles. The van der Waals surface area contributed by atoms with Crippen molar-refractivity contribution in [1.29, 1.82) is 0 Å². The van der Waals surface area contributed by atoms with Gasteiger partial charge in [0, 0.05) is 33.1 Å². The predicted molar refractivity (Wildman–Crippen MR) is 84.6 cm³/mol. The van der Waals surface area contributed by atoms with Crippen molar-refractivity contribution in [3.05, 3.63) is 16.3 Å². The van der Waals surface area contributed by atoms with Gasteiger partial charge >= 0.3 is 11.8 Å². The van der Waals surface area contributed by atoms with Crippen molar-refractivity contribution in [3.63, 3.8) is 0 Å². The lowest BCUT2D eigenvalue weighted by Crippen LogP contribution is -2.39. The lowest BCUT2D eigenvalue weighted by Gasteiger charge is -2.26. The highest BCUT2D eigenvalue weighted by molar-refractivity contribution is 5.95. The molecule has 0 saturated carbocycles. The maximum Gasteiger partial charge on any atom is 0.410 e. The molecule has 0 N–H and O–H groups in total. The Balaban J connectivity index is 2.19. The Bertz CT molecular complexity index is 663. The second-order valence-electron chi connectivity index (χ2n) is 6.50. The molecule has 1 aliphatic rings. The van der Waals surface area contributed by atoms with Crippen LogP contribution in [0.1, 0.15) is 27.2 Å². The fourth-order valence-corrected chi connectivity index (χ4v) is 2.42. The highest BCUT2D eigenvalue weighted by Gasteiger charge is 2.33. The van der Waals surface area contributed by atoms with Crippen molar-refractivity contribution in [2.75, 3.05) is 24.5 Å². The van der Waals surface area contributed by atoms with Crippen LogP contribution in [0.5, 0.6) is 0 Å². The minimum Gasteiger partial charge on any atom is -0.444 e. The first kappa shape index (κ1) is 17.7. The molecule has 0 aromatic carbocycles. The molecule has 1 saturated heterocycles. The molecule has 2 amide bonds. The molecule has 2 rings (SSSR count). The number of hydrogen-bond acceptors (Lipinski definition) is 6. The molecule has 1 aliphatic heterocycles. The number of rotatable bonds is 2. The predicted octanol–water partition coefficient (Wildman–Crippen LogP) is 1.30. The second-order valence-corrected chi connectivity index (χ2v) is 6.50. The van der Waals surface area contributed by atoms with Crippen LogP contribution in [-0.2, 0) is 16.6 Å². The molecule has 0 spiro atoms. The summed E-state index contributed by atoms with van der Waals surface area (Å²) in [5, 5.41) is 15.0. The van der Waals surface area contributed by atoms with Gasteiger partial charge in [-0.1, -0.05) is 0 Å². The van der Waals surface area contributed by atoms with Crippen molar-refractivity contribution in [2.45, 2.75) is 32.8 Å². The van der Waals surface area contributed by atoms with Crippen LogP contribution < -0.4 is 4.90 Å². The average molecular weight is 339 g/mol. The molecular weight excluding hydrogens is 318 g/mol. The van der Waals surface area contributed by atoms with Gasteiger partial charge < -0.3 is 9.64 Å². The number of carbonyl (C=O) groups excluding carboxylic acids is 2. The van der Waals surface area contributed by atoms with Gasteiger partial charge in [0.05, 0.1) is 4.92 Å². The maximum absolute atomic E-state index is 12.4. The van der Waals surface area contributed by atoms with E-state index in [0.717, 1.165) is 6.20 Å². The number of ether oxygens (including phenoxy) is 1. The zero-order valence-corrected chi connectivity index (χ0v) is 14.2. The van der Waals surface area contributed by atoms with Crippen LogP contribution in [0.15, 0.2) is 6.20 Å². The van der Waals surface area contributed by atoms with Crippen LogP contribution in [0, 0.1) is 10.1 Å². The molecule has 24 heavy (non-hydrogen) atoms. The highest BCUT2D eigenvalue weighted by Crippen LogP contribution is 2.28. The third kappa shape index (κ3) is 3.81. The van der Waals surface area contributed by atoms with Crippen LogP contribution in [0.4, 0.5) is 16.3 Å². The van der Waals surface area contributed by atoms with Crippen LogP contribution in [0.3, 0.4) is 0 Å². The zero-order valence-electron chi connectivity index (χ0n) is 14.2. The summed E-state index contributed by atoms with van der Waals surface area (Å²) in [7, 11) is 1.53. The summed E-state index contributed by atoms with van der Waals surface area (Å²) < 4.78 is 6.60. The van der Waals surface area contributed by atoms with Crippen LogP contribution in [0.25, 0.3) is 0 Å². The van der Waals surface area contributed by atoms with E-state index in [0.29, 0.717) is 0 Å². The molecule has 10 nitrogen and oxygen atoms in total. The van der Waals surface area contributed by atoms with Gasteiger partial charge in [0.1, 0.15) is 11.8 Å². The first-order valence-electron chi connectivity index (χ1n) is 7.55. The summed E-state index contributed by atoms with van der Waals surface area (Å²) >= 11 is 0. The van der Waals surface area contributed by atoms with Gasteiger partial charge in [0.15, 0.2) is 0 Å². The summed E-state index contributed by atoms with van der Waals surface area (Å²) in [5.74, 6) is -0.177. The Morgan fingerprint density at radius 3 is 2.58 bits per heavy atom. The van der Waals surface area contributed by atoms with E-state index in [-0.39, 0.29) is 43.5 Å². The van der Waals surface area contributed by atoms with Gasteiger partial charge in [-0.2, -0.15) is 5.10 Å². The first-order valence-corrected chi connectivity index (χ1v) is 7.55. The maximum atomic E-state index is 12.4. The number of nitro groups is 1.